The zero-order valence-electron chi connectivity index (χ0n) is 15.5. The molecule has 0 saturated carbocycles. The molecule has 0 radical (unpaired) electrons. The van der Waals surface area contributed by atoms with Crippen LogP contribution in [0.25, 0.3) is 0 Å². The molecule has 146 valence electrons. The molecule has 0 atom stereocenters. The van der Waals surface area contributed by atoms with Crippen molar-refractivity contribution in [3.8, 4) is 0 Å². The smallest absolute Gasteiger partial charge is 0.335 e. The number of rotatable bonds is 5. The van der Waals surface area contributed by atoms with Crippen molar-refractivity contribution in [3.63, 3.8) is 0 Å². The summed E-state index contributed by atoms with van der Waals surface area (Å²) in [5.74, 6) is 0.974. The molecule has 0 aliphatic rings. The lowest BCUT2D eigenvalue weighted by molar-refractivity contribution is 0.630. The maximum absolute atomic E-state index is 8.29. The summed E-state index contributed by atoms with van der Waals surface area (Å²) in [5, 5.41) is 10.0. The average molecular weight is 419 g/mol. The van der Waals surface area contributed by atoms with Crippen LogP contribution in [0.2, 0.25) is 5.02 Å². The molecule has 0 unspecified atom stereocenters. The van der Waals surface area contributed by atoms with Crippen LogP contribution in [-0.2, 0) is 11.6 Å². The number of nitrogens with one attached hydrogen (secondary N) is 3. The van der Waals surface area contributed by atoms with Gasteiger partial charge in [0.25, 0.3) is 0 Å². The lowest BCUT2D eigenvalue weighted by Crippen LogP contribution is -2.04. The highest BCUT2D eigenvalue weighted by Crippen LogP contribution is 2.29. The number of anilines is 5. The Labute approximate surface area is 171 Å². The number of halogens is 1. The van der Waals surface area contributed by atoms with Gasteiger partial charge in [-0.05, 0) is 43.7 Å². The third-order valence-electron chi connectivity index (χ3n) is 3.69. The SMILES string of the molecule is CNc1cc(C)ccc1Nc1nc(Nc2cccnc2C)ncc1Cl.O=S=O. The number of aryl methyl sites for hydroxylation is 2. The van der Waals surface area contributed by atoms with Gasteiger partial charge in [0.1, 0.15) is 5.02 Å². The van der Waals surface area contributed by atoms with Crippen LogP contribution in [0, 0.1) is 13.8 Å². The zero-order chi connectivity index (χ0) is 20.5. The molecule has 0 saturated heterocycles. The summed E-state index contributed by atoms with van der Waals surface area (Å²) in [6, 6.07) is 9.84. The van der Waals surface area contributed by atoms with Crippen molar-refractivity contribution in [2.45, 2.75) is 13.8 Å². The van der Waals surface area contributed by atoms with Crippen molar-refractivity contribution in [2.75, 3.05) is 23.0 Å². The van der Waals surface area contributed by atoms with E-state index < -0.39 is 11.6 Å². The second-order valence-corrected chi connectivity index (χ2v) is 6.19. The van der Waals surface area contributed by atoms with Crippen molar-refractivity contribution in [2.24, 2.45) is 0 Å². The van der Waals surface area contributed by atoms with E-state index in [0.717, 1.165) is 28.3 Å². The van der Waals surface area contributed by atoms with Gasteiger partial charge in [0.05, 0.1) is 29.0 Å². The van der Waals surface area contributed by atoms with Gasteiger partial charge in [-0.15, -0.1) is 0 Å². The normalized spacial score (nSPS) is 9.71. The van der Waals surface area contributed by atoms with E-state index in [-0.39, 0.29) is 0 Å². The van der Waals surface area contributed by atoms with Crippen molar-refractivity contribution in [1.82, 2.24) is 15.0 Å². The largest absolute Gasteiger partial charge is 0.386 e. The van der Waals surface area contributed by atoms with E-state index in [4.69, 9.17) is 20.0 Å². The van der Waals surface area contributed by atoms with E-state index >= 15 is 0 Å². The Kier molecular flexibility index (Phi) is 7.85. The Balaban J connectivity index is 0.000000878. The fourth-order valence-electron chi connectivity index (χ4n) is 2.35. The van der Waals surface area contributed by atoms with Crippen LogP contribution in [-0.4, -0.2) is 30.4 Å². The van der Waals surface area contributed by atoms with Gasteiger partial charge < -0.3 is 16.0 Å². The van der Waals surface area contributed by atoms with Gasteiger partial charge >= 0.3 is 11.6 Å². The number of aromatic nitrogens is 3. The summed E-state index contributed by atoms with van der Waals surface area (Å²) < 4.78 is 16.6. The van der Waals surface area contributed by atoms with Gasteiger partial charge in [-0.3, -0.25) is 4.98 Å². The van der Waals surface area contributed by atoms with Crippen molar-refractivity contribution < 1.29 is 8.42 Å². The molecule has 28 heavy (non-hydrogen) atoms. The van der Waals surface area contributed by atoms with Crippen molar-refractivity contribution in [1.29, 1.82) is 0 Å². The third-order valence-corrected chi connectivity index (χ3v) is 3.97. The van der Waals surface area contributed by atoms with Gasteiger partial charge in [-0.2, -0.15) is 13.4 Å². The minimum absolute atomic E-state index is 0.441. The highest BCUT2D eigenvalue weighted by molar-refractivity contribution is 7.51. The highest BCUT2D eigenvalue weighted by Gasteiger charge is 2.09. The molecule has 3 N–H and O–H groups in total. The van der Waals surface area contributed by atoms with E-state index in [1.54, 1.807) is 12.4 Å². The molecule has 0 aliphatic carbocycles. The molecule has 1 aromatic carbocycles. The van der Waals surface area contributed by atoms with E-state index in [1.807, 2.05) is 45.2 Å². The number of pyridine rings is 1. The first-order chi connectivity index (χ1) is 13.5. The standard InChI is InChI=1S/C18H19ClN6.O2S/c1-11-6-7-15(16(9-11)20-3)23-17-13(19)10-22-18(25-17)24-14-5-4-8-21-12(14)2;1-3-2/h4-10,20H,1-3H3,(H2,22,23,24,25);. The maximum Gasteiger partial charge on any atom is 0.335 e. The van der Waals surface area contributed by atoms with Crippen LogP contribution in [0.3, 0.4) is 0 Å². The summed E-state index contributed by atoms with van der Waals surface area (Å²) in [6.07, 6.45) is 3.31. The minimum Gasteiger partial charge on any atom is -0.386 e. The quantitative estimate of drug-likeness (QED) is 0.570. The number of hydrogen-bond acceptors (Lipinski definition) is 8. The van der Waals surface area contributed by atoms with E-state index in [1.165, 1.54) is 0 Å². The molecule has 0 aliphatic heterocycles. The molecular formula is C18H19ClN6O2S. The van der Waals surface area contributed by atoms with E-state index in [2.05, 4.69) is 37.0 Å². The van der Waals surface area contributed by atoms with Crippen LogP contribution in [0.1, 0.15) is 11.3 Å². The van der Waals surface area contributed by atoms with Gasteiger partial charge in [0.2, 0.25) is 5.95 Å². The van der Waals surface area contributed by atoms with E-state index in [0.29, 0.717) is 16.8 Å². The van der Waals surface area contributed by atoms with Gasteiger partial charge in [-0.25, -0.2) is 4.98 Å². The predicted molar refractivity (Wildman–Crippen MR) is 112 cm³/mol. The second-order valence-electron chi connectivity index (χ2n) is 5.64. The lowest BCUT2D eigenvalue weighted by atomic mass is 10.2. The zero-order valence-corrected chi connectivity index (χ0v) is 17.1. The topological polar surface area (TPSA) is 109 Å². The Hall–Kier alpha value is -3.04. The molecule has 10 heteroatoms. The minimum atomic E-state index is -0.750. The molecule has 0 bridgehead atoms. The van der Waals surface area contributed by atoms with Crippen LogP contribution < -0.4 is 16.0 Å². The van der Waals surface area contributed by atoms with Crippen molar-refractivity contribution >= 4 is 52.0 Å². The Morgan fingerprint density at radius 3 is 2.43 bits per heavy atom. The first kappa shape index (κ1) is 21.3. The van der Waals surface area contributed by atoms with Crippen LogP contribution in [0.5, 0.6) is 0 Å². The number of nitrogens with zero attached hydrogens (tertiary/aromatic N) is 3. The Morgan fingerprint density at radius 1 is 1.00 bits per heavy atom. The number of hydrogen-bond donors (Lipinski definition) is 3. The van der Waals surface area contributed by atoms with Gasteiger partial charge in [0.15, 0.2) is 5.82 Å². The summed E-state index contributed by atoms with van der Waals surface area (Å²) in [7, 11) is 1.87. The molecule has 8 nitrogen and oxygen atoms in total. The molecule has 0 spiro atoms. The van der Waals surface area contributed by atoms with Gasteiger partial charge in [0, 0.05) is 13.2 Å². The monoisotopic (exact) mass is 418 g/mol. The summed E-state index contributed by atoms with van der Waals surface area (Å²) in [4.78, 5) is 13.0. The molecule has 2 aromatic heterocycles. The van der Waals surface area contributed by atoms with Gasteiger partial charge in [-0.1, -0.05) is 17.7 Å². The molecule has 3 rings (SSSR count). The van der Waals surface area contributed by atoms with Crippen LogP contribution in [0.15, 0.2) is 42.7 Å². The summed E-state index contributed by atoms with van der Waals surface area (Å²) in [5.41, 5.74) is 4.73. The number of benzene rings is 1. The molecule has 2 heterocycles. The lowest BCUT2D eigenvalue weighted by Gasteiger charge is -2.14. The molecule has 0 amide bonds. The summed E-state index contributed by atoms with van der Waals surface area (Å²) in [6.45, 7) is 3.96. The fourth-order valence-corrected chi connectivity index (χ4v) is 2.49. The Bertz CT molecular complexity index is 996. The molecule has 3 aromatic rings. The first-order valence-corrected chi connectivity index (χ1v) is 9.21. The fraction of sp³-hybridized carbons (Fsp3) is 0.167. The highest BCUT2D eigenvalue weighted by atomic mass is 35.5. The molecule has 0 fully saturated rings. The van der Waals surface area contributed by atoms with Crippen molar-refractivity contribution in [3.05, 3.63) is 59.0 Å². The van der Waals surface area contributed by atoms with E-state index in [9.17, 15) is 0 Å². The third kappa shape index (κ3) is 5.73. The van der Waals surface area contributed by atoms with Crippen LogP contribution in [0.4, 0.5) is 28.8 Å². The second kappa shape index (κ2) is 10.3. The first-order valence-electron chi connectivity index (χ1n) is 8.17. The van der Waals surface area contributed by atoms with Crippen LogP contribution >= 0.6 is 11.6 Å². The summed E-state index contributed by atoms with van der Waals surface area (Å²) >= 11 is 5.51. The predicted octanol–water partition coefficient (Wildman–Crippen LogP) is 4.00. The average Bonchev–Trinajstić information content (AvgIpc) is 2.68. The molecular weight excluding hydrogens is 400 g/mol. The maximum atomic E-state index is 8.29. The Morgan fingerprint density at radius 2 is 1.75 bits per heavy atom.